The molecule has 2 unspecified atom stereocenters. The van der Waals surface area contributed by atoms with E-state index < -0.39 is 0 Å². The first-order valence-corrected chi connectivity index (χ1v) is 7.74. The van der Waals surface area contributed by atoms with Gasteiger partial charge >= 0.3 is 0 Å². The highest BCUT2D eigenvalue weighted by molar-refractivity contribution is 5.96. The summed E-state index contributed by atoms with van der Waals surface area (Å²) in [6.07, 6.45) is 4.71. The Hall–Kier alpha value is -1.71. The molecule has 0 radical (unpaired) electrons. The van der Waals surface area contributed by atoms with Gasteiger partial charge in [-0.3, -0.25) is 4.79 Å². The zero-order valence-electron chi connectivity index (χ0n) is 13.6. The number of carbonyl (C=O) groups is 1. The summed E-state index contributed by atoms with van der Waals surface area (Å²) in [7, 11) is 5.81. The average molecular weight is 289 g/mol. The van der Waals surface area contributed by atoms with Gasteiger partial charge in [-0.25, -0.2) is 0 Å². The van der Waals surface area contributed by atoms with Gasteiger partial charge < -0.3 is 15.5 Å². The summed E-state index contributed by atoms with van der Waals surface area (Å²) in [6.45, 7) is 2.27. The van der Waals surface area contributed by atoms with Crippen molar-refractivity contribution >= 4 is 17.3 Å². The van der Waals surface area contributed by atoms with Crippen molar-refractivity contribution in [2.24, 2.45) is 5.92 Å². The molecule has 1 aromatic rings. The molecular formula is C17H27N3O. The zero-order valence-corrected chi connectivity index (χ0v) is 13.6. The van der Waals surface area contributed by atoms with Crippen molar-refractivity contribution < 1.29 is 4.79 Å². The number of rotatable bonds is 3. The van der Waals surface area contributed by atoms with Crippen LogP contribution in [0.1, 0.15) is 43.0 Å². The summed E-state index contributed by atoms with van der Waals surface area (Å²) in [5, 5.41) is 0. The first-order valence-electron chi connectivity index (χ1n) is 7.74. The van der Waals surface area contributed by atoms with Crippen LogP contribution in [0.2, 0.25) is 0 Å². The number of hydrogen-bond acceptors (Lipinski definition) is 3. The fraction of sp³-hybridized carbons (Fsp3) is 0.588. The molecule has 0 aliphatic heterocycles. The number of carbonyl (C=O) groups excluding carboxylic acids is 1. The highest BCUT2D eigenvalue weighted by atomic mass is 16.2. The van der Waals surface area contributed by atoms with E-state index in [1.165, 1.54) is 12.8 Å². The Bertz CT molecular complexity index is 513. The van der Waals surface area contributed by atoms with Gasteiger partial charge in [0, 0.05) is 32.7 Å². The van der Waals surface area contributed by atoms with Gasteiger partial charge in [0.2, 0.25) is 0 Å². The Morgan fingerprint density at radius 2 is 1.95 bits per heavy atom. The summed E-state index contributed by atoms with van der Waals surface area (Å²) in [5.41, 5.74) is 8.32. The number of nitrogens with zero attached hydrogens (tertiary/aromatic N) is 2. The van der Waals surface area contributed by atoms with E-state index in [1.54, 1.807) is 6.07 Å². The minimum Gasteiger partial charge on any atom is -0.397 e. The summed E-state index contributed by atoms with van der Waals surface area (Å²) < 4.78 is 0. The quantitative estimate of drug-likeness (QED) is 0.870. The van der Waals surface area contributed by atoms with Gasteiger partial charge in [-0.05, 0) is 37.0 Å². The molecule has 1 aromatic carbocycles. The molecule has 1 saturated carbocycles. The van der Waals surface area contributed by atoms with Crippen molar-refractivity contribution in [2.75, 3.05) is 31.8 Å². The fourth-order valence-electron chi connectivity index (χ4n) is 3.22. The van der Waals surface area contributed by atoms with E-state index in [-0.39, 0.29) is 5.91 Å². The van der Waals surface area contributed by atoms with Gasteiger partial charge in [-0.2, -0.15) is 0 Å². The second-order valence-corrected chi connectivity index (χ2v) is 6.51. The summed E-state index contributed by atoms with van der Waals surface area (Å²) in [5.74, 6) is 0.784. The molecule has 1 fully saturated rings. The molecule has 116 valence electrons. The van der Waals surface area contributed by atoms with Crippen molar-refractivity contribution in [3.8, 4) is 0 Å². The SMILES string of the molecule is CC1CCCC(N(C)C(=O)c2ccc(N(C)C)c(N)c2)C1. The standard InChI is InChI=1S/C17H27N3O/c1-12-6-5-7-14(10-12)20(4)17(21)13-8-9-16(19(2)3)15(18)11-13/h8-9,11-12,14H,5-7,10,18H2,1-4H3. The lowest BCUT2D eigenvalue weighted by atomic mass is 9.86. The lowest BCUT2D eigenvalue weighted by molar-refractivity contribution is 0.0672. The largest absolute Gasteiger partial charge is 0.397 e. The van der Waals surface area contributed by atoms with Gasteiger partial charge in [0.25, 0.3) is 5.91 Å². The van der Waals surface area contributed by atoms with Gasteiger partial charge in [-0.1, -0.05) is 19.8 Å². The lowest BCUT2D eigenvalue weighted by Crippen LogP contribution is -2.39. The number of benzene rings is 1. The maximum absolute atomic E-state index is 12.6. The van der Waals surface area contributed by atoms with E-state index in [0.29, 0.717) is 23.2 Å². The second-order valence-electron chi connectivity index (χ2n) is 6.51. The Balaban J connectivity index is 2.13. The van der Waals surface area contributed by atoms with Crippen molar-refractivity contribution in [3.63, 3.8) is 0 Å². The number of amides is 1. The third-order valence-corrected chi connectivity index (χ3v) is 4.53. The fourth-order valence-corrected chi connectivity index (χ4v) is 3.22. The van der Waals surface area contributed by atoms with Crippen LogP contribution in [0.3, 0.4) is 0 Å². The number of nitrogen functional groups attached to an aromatic ring is 1. The van der Waals surface area contributed by atoms with Gasteiger partial charge in [-0.15, -0.1) is 0 Å². The van der Waals surface area contributed by atoms with Crippen molar-refractivity contribution in [2.45, 2.75) is 38.6 Å². The molecule has 1 amide bonds. The third-order valence-electron chi connectivity index (χ3n) is 4.53. The molecule has 1 aliphatic rings. The molecule has 0 heterocycles. The maximum Gasteiger partial charge on any atom is 0.253 e. The van der Waals surface area contributed by atoms with Crippen LogP contribution in [-0.2, 0) is 0 Å². The number of nitrogens with two attached hydrogens (primary N) is 1. The molecule has 0 aromatic heterocycles. The Morgan fingerprint density at radius 1 is 1.24 bits per heavy atom. The number of anilines is 2. The Morgan fingerprint density at radius 3 is 2.52 bits per heavy atom. The van der Waals surface area contributed by atoms with Crippen LogP contribution in [-0.4, -0.2) is 38.0 Å². The van der Waals surface area contributed by atoms with Crippen LogP contribution in [0.15, 0.2) is 18.2 Å². The van der Waals surface area contributed by atoms with Crippen LogP contribution in [0.5, 0.6) is 0 Å². The molecule has 0 bridgehead atoms. The van der Waals surface area contributed by atoms with Crippen LogP contribution in [0, 0.1) is 5.92 Å². The first-order chi connectivity index (χ1) is 9.90. The summed E-state index contributed by atoms with van der Waals surface area (Å²) in [4.78, 5) is 16.5. The molecule has 0 spiro atoms. The molecule has 21 heavy (non-hydrogen) atoms. The minimum absolute atomic E-state index is 0.0751. The Kier molecular flexibility index (Phi) is 4.76. The monoisotopic (exact) mass is 289 g/mol. The smallest absolute Gasteiger partial charge is 0.253 e. The van der Waals surface area contributed by atoms with E-state index in [2.05, 4.69) is 6.92 Å². The van der Waals surface area contributed by atoms with Crippen LogP contribution in [0.4, 0.5) is 11.4 Å². The van der Waals surface area contributed by atoms with E-state index in [9.17, 15) is 4.79 Å². The topological polar surface area (TPSA) is 49.6 Å². The van der Waals surface area contributed by atoms with Crippen LogP contribution in [0.25, 0.3) is 0 Å². The average Bonchev–Trinajstić information content (AvgIpc) is 2.45. The molecule has 4 nitrogen and oxygen atoms in total. The summed E-state index contributed by atoms with van der Waals surface area (Å²) in [6, 6.07) is 5.94. The van der Waals surface area contributed by atoms with E-state index in [0.717, 1.165) is 18.5 Å². The lowest BCUT2D eigenvalue weighted by Gasteiger charge is -2.34. The van der Waals surface area contributed by atoms with Crippen LogP contribution < -0.4 is 10.6 Å². The first kappa shape index (κ1) is 15.7. The molecule has 2 rings (SSSR count). The van der Waals surface area contributed by atoms with Crippen molar-refractivity contribution in [1.29, 1.82) is 0 Å². The van der Waals surface area contributed by atoms with Crippen molar-refractivity contribution in [1.82, 2.24) is 4.90 Å². The highest BCUT2D eigenvalue weighted by Crippen LogP contribution is 2.28. The molecular weight excluding hydrogens is 262 g/mol. The molecule has 4 heteroatoms. The highest BCUT2D eigenvalue weighted by Gasteiger charge is 2.26. The van der Waals surface area contributed by atoms with Crippen LogP contribution >= 0.6 is 0 Å². The molecule has 0 saturated heterocycles. The second kappa shape index (κ2) is 6.37. The normalized spacial score (nSPS) is 21.9. The Labute approximate surface area is 127 Å². The third kappa shape index (κ3) is 3.49. The maximum atomic E-state index is 12.6. The van der Waals surface area contributed by atoms with E-state index in [4.69, 9.17) is 5.73 Å². The zero-order chi connectivity index (χ0) is 15.6. The number of hydrogen-bond donors (Lipinski definition) is 1. The van der Waals surface area contributed by atoms with E-state index in [1.807, 2.05) is 43.1 Å². The molecule has 1 aliphatic carbocycles. The van der Waals surface area contributed by atoms with Crippen molar-refractivity contribution in [3.05, 3.63) is 23.8 Å². The predicted molar refractivity (Wildman–Crippen MR) is 88.7 cm³/mol. The van der Waals surface area contributed by atoms with Gasteiger partial charge in [0.15, 0.2) is 0 Å². The van der Waals surface area contributed by atoms with Gasteiger partial charge in [0.05, 0.1) is 11.4 Å². The van der Waals surface area contributed by atoms with E-state index >= 15 is 0 Å². The van der Waals surface area contributed by atoms with Gasteiger partial charge in [0.1, 0.15) is 0 Å². The predicted octanol–water partition coefficient (Wildman–Crippen LogP) is 2.99. The summed E-state index contributed by atoms with van der Waals surface area (Å²) >= 11 is 0. The minimum atomic E-state index is 0.0751. The molecule has 2 atom stereocenters. The molecule has 2 N–H and O–H groups in total.